The van der Waals surface area contributed by atoms with Crippen LogP contribution >= 0.6 is 0 Å². The molecular weight excluding hydrogens is 422 g/mol. The van der Waals surface area contributed by atoms with E-state index in [9.17, 15) is 9.59 Å². The van der Waals surface area contributed by atoms with Crippen molar-refractivity contribution in [2.24, 2.45) is 17.3 Å². The van der Waals surface area contributed by atoms with Gasteiger partial charge in [0.1, 0.15) is 11.5 Å². The highest BCUT2D eigenvalue weighted by Gasteiger charge is 2.40. The number of fused-ring (bicyclic) bond motifs is 3. The largest absolute Gasteiger partial charge is 0.493 e. The highest BCUT2D eigenvalue weighted by molar-refractivity contribution is 5.96. The molecule has 4 atom stereocenters. The molecule has 0 aromatic heterocycles. The summed E-state index contributed by atoms with van der Waals surface area (Å²) in [6.45, 7) is 10.5. The third kappa shape index (κ3) is 6.30. The van der Waals surface area contributed by atoms with Crippen molar-refractivity contribution >= 4 is 11.6 Å². The molecule has 3 aliphatic rings. The highest BCUT2D eigenvalue weighted by atomic mass is 16.5. The van der Waals surface area contributed by atoms with E-state index in [0.29, 0.717) is 36.8 Å². The van der Waals surface area contributed by atoms with Gasteiger partial charge in [-0.2, -0.15) is 0 Å². The van der Waals surface area contributed by atoms with Gasteiger partial charge in [0.25, 0.3) is 0 Å². The number of hydrogen-bond acceptors (Lipinski definition) is 4. The average Bonchev–Trinajstić information content (AvgIpc) is 3.34. The summed E-state index contributed by atoms with van der Waals surface area (Å²) in [5.41, 5.74) is 2.30. The van der Waals surface area contributed by atoms with E-state index in [1.807, 2.05) is 18.2 Å². The predicted molar refractivity (Wildman–Crippen MR) is 138 cm³/mol. The van der Waals surface area contributed by atoms with Crippen molar-refractivity contribution in [1.82, 2.24) is 4.90 Å². The summed E-state index contributed by atoms with van der Waals surface area (Å²) < 4.78 is 5.55. The molecule has 3 heterocycles. The first-order chi connectivity index (χ1) is 16.2. The van der Waals surface area contributed by atoms with Crippen molar-refractivity contribution < 1.29 is 14.3 Å². The third-order valence-electron chi connectivity index (χ3n) is 8.95. The van der Waals surface area contributed by atoms with Crippen molar-refractivity contribution in [3.05, 3.63) is 29.3 Å². The maximum absolute atomic E-state index is 12.7. The van der Waals surface area contributed by atoms with Crippen LogP contribution in [0.5, 0.6) is 5.75 Å². The van der Waals surface area contributed by atoms with Gasteiger partial charge in [-0.1, -0.05) is 40.5 Å². The summed E-state index contributed by atoms with van der Waals surface area (Å²) in [7, 11) is 0. The van der Waals surface area contributed by atoms with Gasteiger partial charge in [-0.25, -0.2) is 0 Å². The Kier molecular flexibility index (Phi) is 8.17. The number of ketones is 2. The third-order valence-corrected chi connectivity index (χ3v) is 8.95. The summed E-state index contributed by atoms with van der Waals surface area (Å²) in [5, 5.41) is 0. The molecule has 0 amide bonds. The van der Waals surface area contributed by atoms with E-state index in [-0.39, 0.29) is 11.2 Å². The summed E-state index contributed by atoms with van der Waals surface area (Å²) in [6, 6.07) is 7.11. The molecule has 4 heteroatoms. The first-order valence-electron chi connectivity index (χ1n) is 13.8. The monoisotopic (exact) mass is 467 g/mol. The Morgan fingerprint density at radius 1 is 1.09 bits per heavy atom. The van der Waals surface area contributed by atoms with Crippen molar-refractivity contribution in [2.45, 2.75) is 110 Å². The second-order valence-electron chi connectivity index (χ2n) is 12.3. The summed E-state index contributed by atoms with van der Waals surface area (Å²) in [4.78, 5) is 27.9. The van der Waals surface area contributed by atoms with Gasteiger partial charge in [-0.15, -0.1) is 0 Å². The van der Waals surface area contributed by atoms with Gasteiger partial charge in [0.2, 0.25) is 0 Å². The number of hydrogen-bond donors (Lipinski definition) is 0. The second kappa shape index (κ2) is 10.9. The minimum absolute atomic E-state index is 0.267. The van der Waals surface area contributed by atoms with Gasteiger partial charge in [-0.3, -0.25) is 14.5 Å². The molecule has 0 N–H and O–H groups in total. The van der Waals surface area contributed by atoms with Gasteiger partial charge < -0.3 is 4.74 Å². The van der Waals surface area contributed by atoms with Crippen molar-refractivity contribution in [3.8, 4) is 5.75 Å². The van der Waals surface area contributed by atoms with Crippen LogP contribution in [0, 0.1) is 17.3 Å². The quantitative estimate of drug-likeness (QED) is 0.270. The Bertz CT molecular complexity index is 856. The molecule has 1 aromatic carbocycles. The Labute approximate surface area is 206 Å². The normalized spacial score (nSPS) is 25.1. The molecule has 4 nitrogen and oxygen atoms in total. The standard InChI is InChI=1S/C30H45NO3/c1-21(30(2,3)4)9-13-27(32)20-31-25-11-12-26(31)18-22(17-25)7-5-6-8-28(33)23-10-14-29-24(19-23)15-16-34-29/h10,14,19,21-22,25-26H,5-9,11-13,15-18,20H2,1-4H3/t21?,22-,25-,26?/m1/s1. The van der Waals surface area contributed by atoms with Crippen LogP contribution in [0.2, 0.25) is 0 Å². The molecule has 2 unspecified atom stereocenters. The predicted octanol–water partition coefficient (Wildman–Crippen LogP) is 6.64. The number of ether oxygens (including phenoxy) is 1. The second-order valence-corrected chi connectivity index (χ2v) is 12.3. The van der Waals surface area contributed by atoms with Gasteiger partial charge >= 0.3 is 0 Å². The number of piperidine rings is 1. The number of nitrogens with zero attached hydrogens (tertiary/aromatic N) is 1. The molecule has 34 heavy (non-hydrogen) atoms. The molecule has 1 aromatic rings. The lowest BCUT2D eigenvalue weighted by molar-refractivity contribution is -0.122. The average molecular weight is 468 g/mol. The number of unbranched alkanes of at least 4 members (excludes halogenated alkanes) is 1. The zero-order valence-corrected chi connectivity index (χ0v) is 21.9. The van der Waals surface area contributed by atoms with E-state index in [2.05, 4.69) is 32.6 Å². The molecule has 4 rings (SSSR count). The summed E-state index contributed by atoms with van der Waals surface area (Å²) in [6.07, 6.45) is 11.6. The molecule has 0 saturated carbocycles. The highest BCUT2D eigenvalue weighted by Crippen LogP contribution is 2.40. The van der Waals surface area contributed by atoms with Crippen LogP contribution in [0.25, 0.3) is 0 Å². The van der Waals surface area contributed by atoms with Crippen molar-refractivity contribution in [3.63, 3.8) is 0 Å². The summed E-state index contributed by atoms with van der Waals surface area (Å²) in [5.74, 6) is 2.98. The van der Waals surface area contributed by atoms with Crippen LogP contribution in [-0.4, -0.2) is 41.7 Å². The molecule has 2 saturated heterocycles. The molecule has 3 aliphatic heterocycles. The van der Waals surface area contributed by atoms with Crippen LogP contribution in [0.4, 0.5) is 0 Å². The topological polar surface area (TPSA) is 46.6 Å². The molecular formula is C30H45NO3. The van der Waals surface area contributed by atoms with Crippen LogP contribution < -0.4 is 4.74 Å². The van der Waals surface area contributed by atoms with Crippen LogP contribution in [-0.2, 0) is 11.2 Å². The number of carbonyl (C=O) groups excluding carboxylic acids is 2. The van der Waals surface area contributed by atoms with E-state index >= 15 is 0 Å². The first kappa shape index (κ1) is 25.4. The van der Waals surface area contributed by atoms with Gasteiger partial charge in [-0.05, 0) is 79.5 Å². The Hall–Kier alpha value is -1.68. The van der Waals surface area contributed by atoms with Crippen molar-refractivity contribution in [2.75, 3.05) is 13.2 Å². The lowest BCUT2D eigenvalue weighted by Gasteiger charge is -2.39. The van der Waals surface area contributed by atoms with Crippen LogP contribution in [0.15, 0.2) is 18.2 Å². The number of rotatable bonds is 11. The molecule has 2 bridgehead atoms. The maximum atomic E-state index is 12.7. The number of Topliss-reactive ketones (excluding diaryl/α,β-unsaturated/α-hetero) is 2. The Morgan fingerprint density at radius 3 is 2.53 bits per heavy atom. The smallest absolute Gasteiger partial charge is 0.162 e. The fourth-order valence-electron chi connectivity index (χ4n) is 6.20. The molecule has 2 fully saturated rings. The van der Waals surface area contributed by atoms with Gasteiger partial charge in [0.15, 0.2) is 5.78 Å². The van der Waals surface area contributed by atoms with Gasteiger partial charge in [0, 0.05) is 36.9 Å². The number of benzene rings is 1. The van der Waals surface area contributed by atoms with E-state index in [1.54, 1.807) is 0 Å². The minimum atomic E-state index is 0.267. The fourth-order valence-corrected chi connectivity index (χ4v) is 6.20. The van der Waals surface area contributed by atoms with Crippen LogP contribution in [0.1, 0.15) is 108 Å². The zero-order chi connectivity index (χ0) is 24.3. The first-order valence-corrected chi connectivity index (χ1v) is 13.8. The molecule has 0 radical (unpaired) electrons. The number of carbonyl (C=O) groups is 2. The van der Waals surface area contributed by atoms with E-state index < -0.39 is 0 Å². The van der Waals surface area contributed by atoms with E-state index in [0.717, 1.165) is 55.9 Å². The summed E-state index contributed by atoms with van der Waals surface area (Å²) >= 11 is 0. The molecule has 0 spiro atoms. The maximum Gasteiger partial charge on any atom is 0.162 e. The van der Waals surface area contributed by atoms with E-state index in [1.165, 1.54) is 37.7 Å². The lowest BCUT2D eigenvalue weighted by Crippen LogP contribution is -2.45. The fraction of sp³-hybridized carbons (Fsp3) is 0.733. The van der Waals surface area contributed by atoms with Crippen molar-refractivity contribution in [1.29, 1.82) is 0 Å². The Morgan fingerprint density at radius 2 is 1.82 bits per heavy atom. The van der Waals surface area contributed by atoms with Crippen LogP contribution in [0.3, 0.4) is 0 Å². The molecule has 188 valence electrons. The zero-order valence-electron chi connectivity index (χ0n) is 21.9. The lowest BCUT2D eigenvalue weighted by atomic mass is 9.79. The Balaban J connectivity index is 1.15. The van der Waals surface area contributed by atoms with Gasteiger partial charge in [0.05, 0.1) is 13.2 Å². The minimum Gasteiger partial charge on any atom is -0.493 e. The van der Waals surface area contributed by atoms with E-state index in [4.69, 9.17) is 4.74 Å². The molecule has 0 aliphatic carbocycles. The SMILES string of the molecule is CC(CCC(=O)CN1C2CC[C@@H]1C[C@@H](CCCCC(=O)c1ccc3c(c1)CCO3)C2)C(C)(C)C.